The molecule has 0 aliphatic heterocycles. The third-order valence-corrected chi connectivity index (χ3v) is 5.75. The minimum Gasteiger partial charge on any atom is -0.733 e. The fourth-order valence-corrected chi connectivity index (χ4v) is 2.76. The van der Waals surface area contributed by atoms with Gasteiger partial charge < -0.3 is 9.11 Å². The summed E-state index contributed by atoms with van der Waals surface area (Å²) in [5.74, 6) is 0. The Bertz CT molecular complexity index is 699. The van der Waals surface area contributed by atoms with E-state index in [2.05, 4.69) is 8.37 Å². The van der Waals surface area contributed by atoms with Crippen molar-refractivity contribution in [3.05, 3.63) is 0 Å². The van der Waals surface area contributed by atoms with Gasteiger partial charge in [-0.1, -0.05) is 0 Å². The van der Waals surface area contributed by atoms with Crippen LogP contribution in [0.4, 0.5) is 0 Å². The van der Waals surface area contributed by atoms with E-state index in [1.165, 1.54) is 0 Å². The zero-order valence-corrected chi connectivity index (χ0v) is 19.6. The number of nitrogens with zero attached hydrogens (tertiary/aromatic N) is 2. The first-order valence-electron chi connectivity index (χ1n) is 3.95. The average Bonchev–Trinajstić information content (AvgIpc) is 2.35. The van der Waals surface area contributed by atoms with Gasteiger partial charge >= 0.3 is 79.7 Å². The average molecular weight is 458 g/mol. The first-order valence-corrected chi connectivity index (χ1v) is 9.41. The van der Waals surface area contributed by atoms with Gasteiger partial charge in [0.05, 0.1) is 14.2 Å². The van der Waals surface area contributed by atoms with Crippen molar-refractivity contribution in [2.75, 3.05) is 14.2 Å². The standard InChI is InChI=1S/2CH5NO7S2.2Na/c2*1-9-11(7,8)2(3)10(4,5)6;;/h2*3H,1H3,(H,4,5,6);;/q;;2*+1/p-2. The predicted octanol–water partition coefficient (Wildman–Crippen LogP) is -9.93. The number of rotatable bonds is 6. The third-order valence-electron chi connectivity index (χ3n) is 1.19. The van der Waals surface area contributed by atoms with E-state index in [0.29, 0.717) is 14.2 Å². The fourth-order valence-electron chi connectivity index (χ4n) is 0.351. The molecule has 0 unspecified atom stereocenters. The molecule has 0 saturated carbocycles. The minimum absolute atomic E-state index is 0. The van der Waals surface area contributed by atoms with Gasteiger partial charge in [-0.25, -0.2) is 16.8 Å². The maximum absolute atomic E-state index is 10.2. The molecule has 0 atom stereocenters. The van der Waals surface area contributed by atoms with E-state index >= 15 is 0 Å². The summed E-state index contributed by atoms with van der Waals surface area (Å²) < 4.78 is 104. The van der Waals surface area contributed by atoms with Crippen LogP contribution >= 0.6 is 0 Å². The molecule has 0 amide bonds. The van der Waals surface area contributed by atoms with Gasteiger partial charge in [0.15, 0.2) is 0 Å². The van der Waals surface area contributed by atoms with E-state index in [0.717, 1.165) is 0 Å². The molecule has 0 rings (SSSR count). The van der Waals surface area contributed by atoms with Gasteiger partial charge in [-0.2, -0.15) is 16.8 Å². The second-order valence-electron chi connectivity index (χ2n) is 2.52. The Labute approximate surface area is 182 Å². The molecule has 0 aliphatic rings. The Morgan fingerprint density at radius 3 is 0.875 bits per heavy atom. The molecule has 0 heterocycles. The van der Waals surface area contributed by atoms with Crippen LogP contribution in [0.5, 0.6) is 0 Å². The quantitative estimate of drug-likeness (QED) is 0.213. The Kier molecular flexibility index (Phi) is 16.6. The van der Waals surface area contributed by atoms with Crippen LogP contribution in [0.1, 0.15) is 0 Å². The van der Waals surface area contributed by atoms with Crippen LogP contribution in [0, 0.1) is 0 Å². The second-order valence-corrected chi connectivity index (χ2v) is 8.45. The maximum Gasteiger partial charge on any atom is 1.00 e. The second kappa shape index (κ2) is 12.0. The summed E-state index contributed by atoms with van der Waals surface area (Å²) in [7, 11) is -19.5. The van der Waals surface area contributed by atoms with Crippen LogP contribution in [-0.4, -0.2) is 75.2 Å². The third kappa shape index (κ3) is 12.0. The van der Waals surface area contributed by atoms with E-state index in [9.17, 15) is 42.8 Å². The van der Waals surface area contributed by atoms with Crippen molar-refractivity contribution in [3.63, 3.8) is 0 Å². The van der Waals surface area contributed by atoms with Crippen molar-refractivity contribution in [1.82, 2.24) is 7.75 Å². The SMILES string of the molecule is COS(=O)(=O)N(O)S(=O)(=O)[O-].COS(=O)(=O)N(O)S(=O)(=O)[O-].[Na+].[Na+]. The van der Waals surface area contributed by atoms with Crippen LogP contribution in [0.3, 0.4) is 0 Å². The van der Waals surface area contributed by atoms with Crippen molar-refractivity contribution in [1.29, 1.82) is 0 Å². The molecule has 0 aliphatic carbocycles. The Hall–Kier alpha value is 1.48. The summed E-state index contributed by atoms with van der Waals surface area (Å²) in [6.45, 7) is 0. The number of hydrogen-bond donors (Lipinski definition) is 2. The molecule has 0 aromatic heterocycles. The van der Waals surface area contributed by atoms with E-state index < -0.39 is 49.0 Å². The normalized spacial score (nSPS) is 12.7. The molecule has 0 radical (unpaired) electrons. The zero-order chi connectivity index (χ0) is 18.6. The smallest absolute Gasteiger partial charge is 0.733 e. The van der Waals surface area contributed by atoms with E-state index in [1.807, 2.05) is 0 Å². The topological polar surface area (TPSA) is 248 Å². The van der Waals surface area contributed by atoms with E-state index in [1.54, 1.807) is 0 Å². The van der Waals surface area contributed by atoms with Crippen molar-refractivity contribution >= 4 is 41.2 Å². The molecule has 2 N–H and O–H groups in total. The summed E-state index contributed by atoms with van der Waals surface area (Å²) in [4.78, 5) is 0. The van der Waals surface area contributed by atoms with Gasteiger partial charge in [0.1, 0.15) is 0 Å². The molecule has 22 heteroatoms. The molecule has 0 saturated heterocycles. The largest absolute Gasteiger partial charge is 1.00 e. The van der Waals surface area contributed by atoms with Gasteiger partial charge in [0.2, 0.25) is 20.6 Å². The molecular weight excluding hydrogens is 450 g/mol. The molecule has 0 spiro atoms. The summed E-state index contributed by atoms with van der Waals surface area (Å²) in [6.07, 6.45) is 0. The first-order chi connectivity index (χ1) is 9.43. The Morgan fingerprint density at radius 1 is 0.667 bits per heavy atom. The molecule has 24 heavy (non-hydrogen) atoms. The van der Waals surface area contributed by atoms with Crippen LogP contribution < -0.4 is 59.1 Å². The van der Waals surface area contributed by atoms with Gasteiger partial charge in [-0.3, -0.25) is 18.8 Å². The molecular formula is C2H8N2Na2O14S4. The van der Waals surface area contributed by atoms with Crippen molar-refractivity contribution in [3.8, 4) is 0 Å². The molecule has 136 valence electrons. The van der Waals surface area contributed by atoms with E-state index in [-0.39, 0.29) is 59.1 Å². The molecule has 0 aromatic rings. The van der Waals surface area contributed by atoms with Crippen LogP contribution in [0.2, 0.25) is 0 Å². The zero-order valence-electron chi connectivity index (χ0n) is 12.3. The van der Waals surface area contributed by atoms with Crippen LogP contribution in [0.15, 0.2) is 0 Å². The van der Waals surface area contributed by atoms with Crippen molar-refractivity contribution < 1.29 is 121 Å². The van der Waals surface area contributed by atoms with Crippen molar-refractivity contribution in [2.45, 2.75) is 0 Å². The van der Waals surface area contributed by atoms with Crippen LogP contribution in [0.25, 0.3) is 0 Å². The number of hydrogen-bond acceptors (Lipinski definition) is 14. The summed E-state index contributed by atoms with van der Waals surface area (Å²) in [6, 6.07) is 0. The molecule has 0 fully saturated rings. The monoisotopic (exact) mass is 458 g/mol. The van der Waals surface area contributed by atoms with Crippen LogP contribution in [-0.2, 0) is 49.6 Å². The summed E-state index contributed by atoms with van der Waals surface area (Å²) >= 11 is 0. The van der Waals surface area contributed by atoms with Gasteiger partial charge in [-0.15, -0.1) is 0 Å². The molecule has 0 bridgehead atoms. The molecule has 16 nitrogen and oxygen atoms in total. The van der Waals surface area contributed by atoms with Gasteiger partial charge in [0.25, 0.3) is 0 Å². The summed E-state index contributed by atoms with van der Waals surface area (Å²) in [5.41, 5.74) is 0. The summed E-state index contributed by atoms with van der Waals surface area (Å²) in [5, 5.41) is 16.3. The molecule has 0 aromatic carbocycles. The maximum atomic E-state index is 10.2. The Balaban J connectivity index is -0.000000154. The first kappa shape index (κ1) is 33.1. The van der Waals surface area contributed by atoms with E-state index in [4.69, 9.17) is 10.4 Å². The minimum atomic E-state index is -5.45. The predicted molar refractivity (Wildman–Crippen MR) is 58.5 cm³/mol. The van der Waals surface area contributed by atoms with Gasteiger partial charge in [-0.05, 0) is 0 Å². The van der Waals surface area contributed by atoms with Gasteiger partial charge in [0, 0.05) is 7.75 Å². The van der Waals surface area contributed by atoms with Crippen molar-refractivity contribution in [2.24, 2.45) is 0 Å². The Morgan fingerprint density at radius 2 is 0.833 bits per heavy atom. The fraction of sp³-hybridized carbons (Fsp3) is 1.00.